The molecule has 84 valence electrons. The molecule has 2 heterocycles. The summed E-state index contributed by atoms with van der Waals surface area (Å²) in [5.74, 6) is 1.18. The van der Waals surface area contributed by atoms with Gasteiger partial charge in [-0.15, -0.1) is 0 Å². The predicted molar refractivity (Wildman–Crippen MR) is 58.4 cm³/mol. The van der Waals surface area contributed by atoms with Gasteiger partial charge in [-0.1, -0.05) is 0 Å². The maximum Gasteiger partial charge on any atom is 0.122 e. The molecule has 0 fully saturated rings. The molecule has 4 nitrogen and oxygen atoms in total. The number of aliphatic hydroxyl groups is 1. The number of hydrogen-bond donors (Lipinski definition) is 1. The summed E-state index contributed by atoms with van der Waals surface area (Å²) < 4.78 is 2.23. The second kappa shape index (κ2) is 5.28. The second-order valence-corrected chi connectivity index (χ2v) is 4.10. The summed E-state index contributed by atoms with van der Waals surface area (Å²) >= 11 is 0. The van der Waals surface area contributed by atoms with Gasteiger partial charge >= 0.3 is 0 Å². The molecule has 1 aromatic rings. The molecule has 0 radical (unpaired) electrons. The lowest BCUT2D eigenvalue weighted by molar-refractivity contribution is 0.208. The highest BCUT2D eigenvalue weighted by atomic mass is 16.2. The van der Waals surface area contributed by atoms with Crippen LogP contribution in [0.15, 0.2) is 12.4 Å². The molecule has 0 spiro atoms. The van der Waals surface area contributed by atoms with Crippen molar-refractivity contribution in [1.29, 1.82) is 0 Å². The summed E-state index contributed by atoms with van der Waals surface area (Å²) in [6.07, 6.45) is 7.17. The Morgan fingerprint density at radius 2 is 2.20 bits per heavy atom. The topological polar surface area (TPSA) is 41.3 Å². The van der Waals surface area contributed by atoms with Gasteiger partial charge in [0.05, 0.1) is 6.54 Å². The fraction of sp³-hybridized carbons (Fsp3) is 0.727. The van der Waals surface area contributed by atoms with E-state index in [0.717, 1.165) is 39.0 Å². The molecule has 1 aromatic heterocycles. The van der Waals surface area contributed by atoms with E-state index in [1.54, 1.807) is 0 Å². The number of hydrogen-bond acceptors (Lipinski definition) is 3. The lowest BCUT2D eigenvalue weighted by atomic mass is 10.2. The van der Waals surface area contributed by atoms with Crippen LogP contribution in [0.4, 0.5) is 0 Å². The van der Waals surface area contributed by atoms with Gasteiger partial charge in [0.25, 0.3) is 0 Å². The van der Waals surface area contributed by atoms with E-state index in [9.17, 15) is 0 Å². The van der Waals surface area contributed by atoms with Crippen LogP contribution >= 0.6 is 0 Å². The fourth-order valence-electron chi connectivity index (χ4n) is 2.04. The molecule has 0 aromatic carbocycles. The van der Waals surface area contributed by atoms with Gasteiger partial charge in [-0.25, -0.2) is 4.98 Å². The smallest absolute Gasteiger partial charge is 0.122 e. The predicted octanol–water partition coefficient (Wildman–Crippen LogP) is 0.861. The van der Waals surface area contributed by atoms with Crippen LogP contribution in [-0.2, 0) is 13.1 Å². The molecule has 0 amide bonds. The highest BCUT2D eigenvalue weighted by Gasteiger charge is 2.15. The first-order chi connectivity index (χ1) is 7.40. The molecule has 15 heavy (non-hydrogen) atoms. The van der Waals surface area contributed by atoms with Gasteiger partial charge < -0.3 is 9.67 Å². The quantitative estimate of drug-likeness (QED) is 0.731. The van der Waals surface area contributed by atoms with Crippen molar-refractivity contribution in [1.82, 2.24) is 14.5 Å². The van der Waals surface area contributed by atoms with E-state index in [0.29, 0.717) is 6.61 Å². The zero-order chi connectivity index (χ0) is 10.5. The molecule has 0 aliphatic carbocycles. The maximum absolute atomic E-state index is 8.68. The molecule has 1 aliphatic heterocycles. The minimum absolute atomic E-state index is 0.324. The number of aliphatic hydroxyl groups excluding tert-OH is 1. The molecule has 0 bridgehead atoms. The Labute approximate surface area is 90.5 Å². The molecule has 0 saturated carbocycles. The zero-order valence-electron chi connectivity index (χ0n) is 9.10. The van der Waals surface area contributed by atoms with Gasteiger partial charge in [-0.05, 0) is 25.8 Å². The maximum atomic E-state index is 8.68. The van der Waals surface area contributed by atoms with Crippen molar-refractivity contribution in [3.05, 3.63) is 18.2 Å². The average molecular weight is 209 g/mol. The van der Waals surface area contributed by atoms with Crippen molar-refractivity contribution in [2.24, 2.45) is 0 Å². The fourth-order valence-corrected chi connectivity index (χ4v) is 2.04. The van der Waals surface area contributed by atoms with Crippen molar-refractivity contribution < 1.29 is 5.11 Å². The monoisotopic (exact) mass is 209 g/mol. The lowest BCUT2D eigenvalue weighted by Gasteiger charge is -2.27. The molecule has 0 saturated heterocycles. The molecule has 2 rings (SSSR count). The minimum atomic E-state index is 0.324. The van der Waals surface area contributed by atoms with E-state index in [2.05, 4.69) is 20.6 Å². The Morgan fingerprint density at radius 3 is 3.07 bits per heavy atom. The Balaban J connectivity index is 1.73. The van der Waals surface area contributed by atoms with Gasteiger partial charge in [-0.3, -0.25) is 4.90 Å². The second-order valence-electron chi connectivity index (χ2n) is 4.10. The first kappa shape index (κ1) is 10.6. The summed E-state index contributed by atoms with van der Waals surface area (Å²) in [5, 5.41) is 8.68. The Morgan fingerprint density at radius 1 is 1.27 bits per heavy atom. The number of rotatable bonds is 5. The van der Waals surface area contributed by atoms with Crippen molar-refractivity contribution in [3.63, 3.8) is 0 Å². The van der Waals surface area contributed by atoms with E-state index in [1.165, 1.54) is 12.2 Å². The number of nitrogens with zero attached hydrogens (tertiary/aromatic N) is 3. The normalized spacial score (nSPS) is 16.6. The molecular formula is C11H19N3O. The third-order valence-electron chi connectivity index (χ3n) is 2.96. The summed E-state index contributed by atoms with van der Waals surface area (Å²) in [5.41, 5.74) is 0. The third kappa shape index (κ3) is 2.79. The van der Waals surface area contributed by atoms with Crippen LogP contribution in [0, 0.1) is 0 Å². The van der Waals surface area contributed by atoms with Crippen LogP contribution < -0.4 is 0 Å². The van der Waals surface area contributed by atoms with Crippen molar-refractivity contribution in [2.45, 2.75) is 32.4 Å². The van der Waals surface area contributed by atoms with Crippen LogP contribution in [-0.4, -0.2) is 39.3 Å². The molecule has 4 heteroatoms. The number of fused-ring (bicyclic) bond motifs is 1. The van der Waals surface area contributed by atoms with Crippen LogP contribution in [0.5, 0.6) is 0 Å². The Bertz CT molecular complexity index is 298. The van der Waals surface area contributed by atoms with Gasteiger partial charge in [-0.2, -0.15) is 0 Å². The molecule has 0 atom stereocenters. The summed E-state index contributed by atoms with van der Waals surface area (Å²) in [6.45, 7) is 4.63. The zero-order valence-corrected chi connectivity index (χ0v) is 9.10. The Hall–Kier alpha value is -0.870. The van der Waals surface area contributed by atoms with E-state index in [-0.39, 0.29) is 0 Å². The van der Waals surface area contributed by atoms with E-state index in [4.69, 9.17) is 5.11 Å². The van der Waals surface area contributed by atoms with E-state index in [1.807, 2.05) is 6.20 Å². The third-order valence-corrected chi connectivity index (χ3v) is 2.96. The molecular weight excluding hydrogens is 190 g/mol. The van der Waals surface area contributed by atoms with Crippen LogP contribution in [0.2, 0.25) is 0 Å². The van der Waals surface area contributed by atoms with Gasteiger partial charge in [0, 0.05) is 32.1 Å². The van der Waals surface area contributed by atoms with Crippen molar-refractivity contribution in [3.8, 4) is 0 Å². The number of imidazole rings is 1. The standard InChI is InChI=1S/C11H19N3O/c15-9-3-1-2-5-13-7-8-14-6-4-12-11(14)10-13/h4,6,15H,1-3,5,7-10H2. The van der Waals surface area contributed by atoms with E-state index >= 15 is 0 Å². The van der Waals surface area contributed by atoms with Crippen molar-refractivity contribution >= 4 is 0 Å². The summed E-state index contributed by atoms with van der Waals surface area (Å²) in [7, 11) is 0. The van der Waals surface area contributed by atoms with Crippen LogP contribution in [0.3, 0.4) is 0 Å². The van der Waals surface area contributed by atoms with Crippen LogP contribution in [0.1, 0.15) is 25.1 Å². The first-order valence-electron chi connectivity index (χ1n) is 5.73. The first-order valence-corrected chi connectivity index (χ1v) is 5.73. The van der Waals surface area contributed by atoms with Gasteiger partial charge in [0.1, 0.15) is 5.82 Å². The highest BCUT2D eigenvalue weighted by molar-refractivity contribution is 4.95. The lowest BCUT2D eigenvalue weighted by Crippen LogP contribution is -2.34. The minimum Gasteiger partial charge on any atom is -0.396 e. The van der Waals surface area contributed by atoms with E-state index < -0.39 is 0 Å². The van der Waals surface area contributed by atoms with Gasteiger partial charge in [0.15, 0.2) is 0 Å². The largest absolute Gasteiger partial charge is 0.396 e. The Kier molecular flexibility index (Phi) is 3.75. The van der Waals surface area contributed by atoms with Crippen molar-refractivity contribution in [2.75, 3.05) is 19.7 Å². The average Bonchev–Trinajstić information content (AvgIpc) is 2.71. The molecule has 1 aliphatic rings. The van der Waals surface area contributed by atoms with Gasteiger partial charge in [0.2, 0.25) is 0 Å². The summed E-state index contributed by atoms with van der Waals surface area (Å²) in [6, 6.07) is 0. The number of aromatic nitrogens is 2. The highest BCUT2D eigenvalue weighted by Crippen LogP contribution is 2.10. The SMILES string of the molecule is OCCCCCN1CCn2ccnc2C1. The molecule has 0 unspecified atom stereocenters. The molecule has 1 N–H and O–H groups in total. The van der Waals surface area contributed by atoms with Crippen LogP contribution in [0.25, 0.3) is 0 Å². The number of unbranched alkanes of at least 4 members (excludes halogenated alkanes) is 2. The summed E-state index contributed by atoms with van der Waals surface area (Å²) in [4.78, 5) is 6.78.